The van der Waals surface area contributed by atoms with Crippen molar-refractivity contribution in [2.24, 2.45) is 0 Å². The van der Waals surface area contributed by atoms with Gasteiger partial charge in [0.25, 0.3) is 0 Å². The molecule has 0 atom stereocenters. The van der Waals surface area contributed by atoms with E-state index in [1.165, 1.54) is 12.1 Å². The van der Waals surface area contributed by atoms with E-state index in [4.69, 9.17) is 0 Å². The number of rotatable bonds is 2. The van der Waals surface area contributed by atoms with Gasteiger partial charge in [-0.25, -0.2) is 0 Å². The van der Waals surface area contributed by atoms with Gasteiger partial charge in [-0.1, -0.05) is 60.7 Å². The summed E-state index contributed by atoms with van der Waals surface area (Å²) in [5.74, 6) is 0. The molecular formula is C19H13F3. The predicted molar refractivity (Wildman–Crippen MR) is 84.3 cm³/mol. The predicted octanol–water partition coefficient (Wildman–Crippen LogP) is 6.03. The molecule has 3 heteroatoms. The van der Waals surface area contributed by atoms with Crippen LogP contribution in [-0.2, 0) is 6.18 Å². The van der Waals surface area contributed by atoms with Crippen molar-refractivity contribution in [3.05, 3.63) is 83.4 Å². The molecule has 0 radical (unpaired) electrons. The second-order valence-electron chi connectivity index (χ2n) is 5.06. The van der Waals surface area contributed by atoms with Gasteiger partial charge < -0.3 is 0 Å². The maximum Gasteiger partial charge on any atom is 0.416 e. The minimum absolute atomic E-state index is 0.629. The zero-order valence-corrected chi connectivity index (χ0v) is 11.6. The molecule has 0 aromatic heterocycles. The van der Waals surface area contributed by atoms with Gasteiger partial charge in [0.2, 0.25) is 0 Å². The lowest BCUT2D eigenvalue weighted by atomic mass is 10.1. The van der Waals surface area contributed by atoms with Crippen LogP contribution in [0.1, 0.15) is 16.7 Å². The van der Waals surface area contributed by atoms with E-state index in [1.54, 1.807) is 0 Å². The third kappa shape index (κ3) is 3.19. The highest BCUT2D eigenvalue weighted by Crippen LogP contribution is 2.29. The van der Waals surface area contributed by atoms with E-state index in [9.17, 15) is 13.2 Å². The van der Waals surface area contributed by atoms with Gasteiger partial charge in [0.1, 0.15) is 0 Å². The van der Waals surface area contributed by atoms with Crippen LogP contribution in [0.3, 0.4) is 0 Å². The molecule has 0 aliphatic carbocycles. The Balaban J connectivity index is 1.83. The molecule has 3 rings (SSSR count). The summed E-state index contributed by atoms with van der Waals surface area (Å²) < 4.78 is 37.5. The van der Waals surface area contributed by atoms with Crippen LogP contribution in [0.5, 0.6) is 0 Å². The minimum atomic E-state index is -4.29. The van der Waals surface area contributed by atoms with E-state index in [2.05, 4.69) is 6.07 Å². The molecule has 22 heavy (non-hydrogen) atoms. The summed E-state index contributed by atoms with van der Waals surface area (Å²) in [5, 5.41) is 2.30. The molecule has 3 aromatic carbocycles. The first kappa shape index (κ1) is 14.4. The molecule has 0 amide bonds. The topological polar surface area (TPSA) is 0 Å². The standard InChI is InChI=1S/C19H13F3/c20-19(21,22)18-11-8-14(9-12-18)5-6-15-7-10-16-3-1-2-4-17(16)13-15/h1-13H/b6-5-. The van der Waals surface area contributed by atoms with E-state index < -0.39 is 11.7 Å². The van der Waals surface area contributed by atoms with Crippen LogP contribution < -0.4 is 0 Å². The van der Waals surface area contributed by atoms with Crippen LogP contribution in [0.25, 0.3) is 22.9 Å². The monoisotopic (exact) mass is 298 g/mol. The smallest absolute Gasteiger partial charge is 0.166 e. The highest BCUT2D eigenvalue weighted by molar-refractivity contribution is 5.85. The van der Waals surface area contributed by atoms with Crippen LogP contribution >= 0.6 is 0 Å². The van der Waals surface area contributed by atoms with Crippen molar-refractivity contribution in [2.45, 2.75) is 6.18 Å². The van der Waals surface area contributed by atoms with Crippen LogP contribution in [0.4, 0.5) is 13.2 Å². The van der Waals surface area contributed by atoms with Gasteiger partial charge in [-0.05, 0) is 40.1 Å². The van der Waals surface area contributed by atoms with Crippen molar-refractivity contribution in [1.82, 2.24) is 0 Å². The number of alkyl halides is 3. The fraction of sp³-hybridized carbons (Fsp3) is 0.0526. The van der Waals surface area contributed by atoms with E-state index in [-0.39, 0.29) is 0 Å². The third-order valence-corrected chi connectivity index (χ3v) is 3.48. The zero-order chi connectivity index (χ0) is 15.6. The van der Waals surface area contributed by atoms with Gasteiger partial charge in [-0.2, -0.15) is 13.2 Å². The Bertz CT molecular complexity index is 812. The summed E-state index contributed by atoms with van der Waals surface area (Å²) in [6, 6.07) is 19.2. The van der Waals surface area contributed by atoms with E-state index in [1.807, 2.05) is 48.6 Å². The average Bonchev–Trinajstić information content (AvgIpc) is 2.52. The Morgan fingerprint density at radius 3 is 1.91 bits per heavy atom. The summed E-state index contributed by atoms with van der Waals surface area (Å²) in [5.41, 5.74) is 1.12. The van der Waals surface area contributed by atoms with Crippen molar-refractivity contribution >= 4 is 22.9 Å². The van der Waals surface area contributed by atoms with Gasteiger partial charge in [-0.3, -0.25) is 0 Å². The molecule has 0 N–H and O–H groups in total. The number of benzene rings is 3. The molecule has 0 spiro atoms. The molecule has 0 unspecified atom stereocenters. The first-order valence-corrected chi connectivity index (χ1v) is 6.86. The summed E-state index contributed by atoms with van der Waals surface area (Å²) in [6.07, 6.45) is -0.583. The highest BCUT2D eigenvalue weighted by atomic mass is 19.4. The second kappa shape index (κ2) is 5.68. The Morgan fingerprint density at radius 1 is 0.636 bits per heavy atom. The van der Waals surface area contributed by atoms with Gasteiger partial charge in [-0.15, -0.1) is 0 Å². The Labute approximate surface area is 126 Å². The summed E-state index contributed by atoms with van der Waals surface area (Å²) in [7, 11) is 0. The fourth-order valence-corrected chi connectivity index (χ4v) is 2.29. The molecule has 0 saturated heterocycles. The van der Waals surface area contributed by atoms with Gasteiger partial charge >= 0.3 is 6.18 Å². The van der Waals surface area contributed by atoms with Crippen LogP contribution in [0.2, 0.25) is 0 Å². The van der Waals surface area contributed by atoms with Crippen molar-refractivity contribution in [1.29, 1.82) is 0 Å². The summed E-state index contributed by atoms with van der Waals surface area (Å²) in [6.45, 7) is 0. The average molecular weight is 298 g/mol. The molecule has 0 heterocycles. The first-order valence-electron chi connectivity index (χ1n) is 6.86. The van der Waals surface area contributed by atoms with Crippen molar-refractivity contribution in [3.8, 4) is 0 Å². The Kier molecular flexibility index (Phi) is 3.72. The highest BCUT2D eigenvalue weighted by Gasteiger charge is 2.29. The Hall–Kier alpha value is -2.55. The molecular weight excluding hydrogens is 285 g/mol. The van der Waals surface area contributed by atoms with E-state index in [0.29, 0.717) is 0 Å². The first-order chi connectivity index (χ1) is 10.5. The molecule has 0 aliphatic heterocycles. The molecule has 110 valence electrons. The van der Waals surface area contributed by atoms with Crippen molar-refractivity contribution in [3.63, 3.8) is 0 Å². The second-order valence-corrected chi connectivity index (χ2v) is 5.06. The molecule has 0 aliphatic rings. The molecule has 0 fully saturated rings. The zero-order valence-electron chi connectivity index (χ0n) is 11.6. The number of hydrogen-bond acceptors (Lipinski definition) is 0. The SMILES string of the molecule is FC(F)(F)c1ccc(/C=C\c2ccc3ccccc3c2)cc1. The lowest BCUT2D eigenvalue weighted by Gasteiger charge is -2.06. The lowest BCUT2D eigenvalue weighted by Crippen LogP contribution is -2.03. The van der Waals surface area contributed by atoms with Crippen molar-refractivity contribution in [2.75, 3.05) is 0 Å². The lowest BCUT2D eigenvalue weighted by molar-refractivity contribution is -0.137. The fourth-order valence-electron chi connectivity index (χ4n) is 2.29. The number of fused-ring (bicyclic) bond motifs is 1. The largest absolute Gasteiger partial charge is 0.416 e. The minimum Gasteiger partial charge on any atom is -0.166 e. The molecule has 0 nitrogen and oxygen atoms in total. The quantitative estimate of drug-likeness (QED) is 0.507. The summed E-state index contributed by atoms with van der Waals surface area (Å²) >= 11 is 0. The third-order valence-electron chi connectivity index (χ3n) is 3.48. The number of hydrogen-bond donors (Lipinski definition) is 0. The van der Waals surface area contributed by atoms with E-state index >= 15 is 0 Å². The van der Waals surface area contributed by atoms with Gasteiger partial charge in [0.15, 0.2) is 0 Å². The Morgan fingerprint density at radius 2 is 1.23 bits per heavy atom. The maximum atomic E-state index is 12.5. The molecule has 0 bridgehead atoms. The van der Waals surface area contributed by atoms with Crippen molar-refractivity contribution < 1.29 is 13.2 Å². The van der Waals surface area contributed by atoms with E-state index in [0.717, 1.165) is 34.0 Å². The molecule has 0 saturated carbocycles. The van der Waals surface area contributed by atoms with Gasteiger partial charge in [0, 0.05) is 0 Å². The normalized spacial score (nSPS) is 12.1. The maximum absolute atomic E-state index is 12.5. The summed E-state index contributed by atoms with van der Waals surface area (Å²) in [4.78, 5) is 0. The van der Waals surface area contributed by atoms with Crippen LogP contribution in [0.15, 0.2) is 66.7 Å². The van der Waals surface area contributed by atoms with Crippen LogP contribution in [0, 0.1) is 0 Å². The number of halogens is 3. The van der Waals surface area contributed by atoms with Gasteiger partial charge in [0.05, 0.1) is 5.56 Å². The van der Waals surface area contributed by atoms with Crippen LogP contribution in [-0.4, -0.2) is 0 Å². The molecule has 3 aromatic rings.